The highest BCUT2D eigenvalue weighted by Crippen LogP contribution is 2.25. The zero-order chi connectivity index (χ0) is 14.5. The molecule has 0 bridgehead atoms. The maximum absolute atomic E-state index is 11.0. The lowest BCUT2D eigenvalue weighted by molar-refractivity contribution is -0.256. The molecule has 1 heterocycles. The Hall–Kier alpha value is -2.34. The standard InChI is InChI=1S/C14H11NO4S/c16-13(17)10-5-2-1-4-9(10)8-20-12-11(14(18)19)6-3-7-15-12/h1-7H,8H2,(H,16,17)(H,18,19)/p-2. The summed E-state index contributed by atoms with van der Waals surface area (Å²) in [6.45, 7) is 0. The Morgan fingerprint density at radius 3 is 2.35 bits per heavy atom. The number of pyridine rings is 1. The number of aromatic nitrogens is 1. The third-order valence-corrected chi connectivity index (χ3v) is 3.65. The third kappa shape index (κ3) is 3.16. The van der Waals surface area contributed by atoms with E-state index in [9.17, 15) is 19.8 Å². The first-order valence-electron chi connectivity index (χ1n) is 5.68. The van der Waals surface area contributed by atoms with E-state index < -0.39 is 11.9 Å². The van der Waals surface area contributed by atoms with Gasteiger partial charge in [-0.3, -0.25) is 0 Å². The van der Waals surface area contributed by atoms with Crippen LogP contribution in [0, 0.1) is 0 Å². The molecular formula is C14H9NO4S-2. The Bertz CT molecular complexity index is 600. The second-order valence-corrected chi connectivity index (χ2v) is 4.84. The molecule has 20 heavy (non-hydrogen) atoms. The van der Waals surface area contributed by atoms with Gasteiger partial charge in [-0.2, -0.15) is 0 Å². The number of carboxylic acid groups (broad SMARTS) is 2. The molecule has 5 nitrogen and oxygen atoms in total. The number of nitrogens with zero attached hydrogens (tertiary/aromatic N) is 1. The van der Waals surface area contributed by atoms with Gasteiger partial charge in [-0.25, -0.2) is 4.98 Å². The molecule has 0 radical (unpaired) electrons. The van der Waals surface area contributed by atoms with Crippen LogP contribution in [0.5, 0.6) is 0 Å². The maximum Gasteiger partial charge on any atom is 0.105 e. The van der Waals surface area contributed by atoms with E-state index in [1.54, 1.807) is 18.2 Å². The van der Waals surface area contributed by atoms with Crippen molar-refractivity contribution >= 4 is 23.7 Å². The number of benzene rings is 1. The van der Waals surface area contributed by atoms with E-state index >= 15 is 0 Å². The molecule has 2 aromatic rings. The van der Waals surface area contributed by atoms with Crippen molar-refractivity contribution in [3.8, 4) is 0 Å². The number of carboxylic acids is 2. The highest BCUT2D eigenvalue weighted by atomic mass is 32.2. The van der Waals surface area contributed by atoms with Gasteiger partial charge in [0.2, 0.25) is 0 Å². The summed E-state index contributed by atoms with van der Waals surface area (Å²) < 4.78 is 0. The largest absolute Gasteiger partial charge is 0.545 e. The number of hydrogen-bond donors (Lipinski definition) is 0. The molecule has 0 atom stereocenters. The second kappa shape index (κ2) is 6.21. The van der Waals surface area contributed by atoms with Crippen molar-refractivity contribution in [1.29, 1.82) is 0 Å². The molecule has 0 aliphatic heterocycles. The van der Waals surface area contributed by atoms with Crippen LogP contribution in [0.2, 0.25) is 0 Å². The van der Waals surface area contributed by atoms with Crippen LogP contribution < -0.4 is 10.2 Å². The number of thioether (sulfide) groups is 1. The van der Waals surface area contributed by atoms with E-state index in [0.717, 1.165) is 11.8 Å². The van der Waals surface area contributed by atoms with Crippen molar-refractivity contribution in [2.75, 3.05) is 0 Å². The quantitative estimate of drug-likeness (QED) is 0.724. The summed E-state index contributed by atoms with van der Waals surface area (Å²) in [7, 11) is 0. The van der Waals surface area contributed by atoms with Crippen LogP contribution >= 0.6 is 11.8 Å². The Morgan fingerprint density at radius 1 is 1.00 bits per heavy atom. The first-order valence-corrected chi connectivity index (χ1v) is 6.66. The molecule has 0 aliphatic carbocycles. The topological polar surface area (TPSA) is 93.2 Å². The molecular weight excluding hydrogens is 278 g/mol. The molecule has 2 rings (SSSR count). The normalized spacial score (nSPS) is 10.2. The summed E-state index contributed by atoms with van der Waals surface area (Å²) in [5.74, 6) is -2.29. The van der Waals surface area contributed by atoms with Gasteiger partial charge in [-0.1, -0.05) is 24.3 Å². The summed E-state index contributed by atoms with van der Waals surface area (Å²) >= 11 is 1.14. The van der Waals surface area contributed by atoms with Gasteiger partial charge < -0.3 is 19.8 Å². The minimum atomic E-state index is -1.31. The maximum atomic E-state index is 11.0. The van der Waals surface area contributed by atoms with E-state index in [1.807, 2.05) is 0 Å². The first-order chi connectivity index (χ1) is 9.59. The number of carbonyl (C=O) groups is 2. The number of rotatable bonds is 5. The average Bonchev–Trinajstić information content (AvgIpc) is 2.45. The molecule has 1 aromatic carbocycles. The van der Waals surface area contributed by atoms with Crippen LogP contribution in [0.3, 0.4) is 0 Å². The fourth-order valence-corrected chi connectivity index (χ4v) is 2.64. The van der Waals surface area contributed by atoms with E-state index in [0.29, 0.717) is 10.6 Å². The monoisotopic (exact) mass is 287 g/mol. The smallest absolute Gasteiger partial charge is 0.105 e. The Labute approximate surface area is 119 Å². The van der Waals surface area contributed by atoms with Crippen molar-refractivity contribution in [1.82, 2.24) is 4.98 Å². The second-order valence-electron chi connectivity index (χ2n) is 3.88. The van der Waals surface area contributed by atoms with Gasteiger partial charge in [-0.05, 0) is 17.7 Å². The van der Waals surface area contributed by atoms with Gasteiger partial charge in [0.05, 0.1) is 11.9 Å². The summed E-state index contributed by atoms with van der Waals surface area (Å²) in [6.07, 6.45) is 1.47. The van der Waals surface area contributed by atoms with E-state index in [2.05, 4.69) is 4.98 Å². The van der Waals surface area contributed by atoms with Crippen LogP contribution in [0.4, 0.5) is 0 Å². The molecule has 0 N–H and O–H groups in total. The molecule has 0 aliphatic rings. The SMILES string of the molecule is O=C([O-])c1ccccc1CSc1ncccc1C(=O)[O-]. The van der Waals surface area contributed by atoms with Crippen molar-refractivity contribution < 1.29 is 19.8 Å². The molecule has 0 spiro atoms. The van der Waals surface area contributed by atoms with Gasteiger partial charge in [0.15, 0.2) is 0 Å². The van der Waals surface area contributed by atoms with Crippen molar-refractivity contribution in [2.45, 2.75) is 10.8 Å². The Kier molecular flexibility index (Phi) is 4.37. The fourth-order valence-electron chi connectivity index (χ4n) is 1.65. The molecule has 0 saturated carbocycles. The average molecular weight is 287 g/mol. The lowest BCUT2D eigenvalue weighted by Gasteiger charge is -2.11. The summed E-state index contributed by atoms with van der Waals surface area (Å²) in [6, 6.07) is 9.32. The third-order valence-electron chi connectivity index (χ3n) is 2.59. The molecule has 102 valence electrons. The fraction of sp³-hybridized carbons (Fsp3) is 0.0714. The Morgan fingerprint density at radius 2 is 1.65 bits per heavy atom. The van der Waals surface area contributed by atoms with E-state index in [4.69, 9.17) is 0 Å². The number of aromatic carboxylic acids is 2. The lowest BCUT2D eigenvalue weighted by Crippen LogP contribution is -2.24. The van der Waals surface area contributed by atoms with E-state index in [1.165, 1.54) is 24.4 Å². The predicted molar refractivity (Wildman–Crippen MR) is 68.9 cm³/mol. The van der Waals surface area contributed by atoms with Gasteiger partial charge in [0.1, 0.15) is 5.03 Å². The number of carbonyl (C=O) groups excluding carboxylic acids is 2. The van der Waals surface area contributed by atoms with Crippen LogP contribution in [0.1, 0.15) is 26.3 Å². The lowest BCUT2D eigenvalue weighted by atomic mass is 10.1. The van der Waals surface area contributed by atoms with Crippen molar-refractivity contribution in [2.24, 2.45) is 0 Å². The summed E-state index contributed by atoms with van der Waals surface area (Å²) in [4.78, 5) is 25.9. The zero-order valence-electron chi connectivity index (χ0n) is 10.2. The minimum absolute atomic E-state index is 0.0107. The minimum Gasteiger partial charge on any atom is -0.545 e. The first kappa shape index (κ1) is 14.1. The van der Waals surface area contributed by atoms with Crippen molar-refractivity contribution in [3.63, 3.8) is 0 Å². The molecule has 0 saturated heterocycles. The van der Waals surface area contributed by atoms with Crippen LogP contribution in [-0.4, -0.2) is 16.9 Å². The van der Waals surface area contributed by atoms with Crippen molar-refractivity contribution in [3.05, 3.63) is 59.3 Å². The zero-order valence-corrected chi connectivity index (χ0v) is 11.1. The molecule has 1 aromatic heterocycles. The molecule has 0 unspecified atom stereocenters. The Balaban J connectivity index is 2.22. The van der Waals surface area contributed by atoms with Crippen LogP contribution in [-0.2, 0) is 5.75 Å². The van der Waals surface area contributed by atoms with Crippen LogP contribution in [0.25, 0.3) is 0 Å². The van der Waals surface area contributed by atoms with Gasteiger partial charge in [0, 0.05) is 23.1 Å². The summed E-state index contributed by atoms with van der Waals surface area (Å²) in [5, 5.41) is 22.2. The molecule has 0 amide bonds. The van der Waals surface area contributed by atoms with E-state index in [-0.39, 0.29) is 16.9 Å². The van der Waals surface area contributed by atoms with Crippen LogP contribution in [0.15, 0.2) is 47.6 Å². The highest BCUT2D eigenvalue weighted by Gasteiger charge is 2.08. The predicted octanol–water partition coefficient (Wildman–Crippen LogP) is 0.101. The summed E-state index contributed by atoms with van der Waals surface area (Å²) in [5.41, 5.74) is 0.627. The van der Waals surface area contributed by atoms with Gasteiger partial charge in [0.25, 0.3) is 0 Å². The highest BCUT2D eigenvalue weighted by molar-refractivity contribution is 7.98. The molecule has 0 fully saturated rings. The van der Waals surface area contributed by atoms with Gasteiger partial charge >= 0.3 is 0 Å². The van der Waals surface area contributed by atoms with Gasteiger partial charge in [-0.15, -0.1) is 11.8 Å². The molecule has 6 heteroatoms. The number of hydrogen-bond acceptors (Lipinski definition) is 6.